The maximum absolute atomic E-state index is 12.9. The Morgan fingerprint density at radius 2 is 1.92 bits per heavy atom. The normalized spacial score (nSPS) is 17.0. The Morgan fingerprint density at radius 1 is 1.23 bits per heavy atom. The molecule has 1 atom stereocenters. The molecule has 0 aliphatic carbocycles. The first-order chi connectivity index (χ1) is 12.4. The highest BCUT2D eigenvalue weighted by Gasteiger charge is 2.29. The Morgan fingerprint density at radius 3 is 2.50 bits per heavy atom. The number of piperidine rings is 1. The SMILES string of the molecule is CCC1CCCCN1C(=O)CN(C(C)=O)c1cc(OC)c(Cl)cc1OC. The van der Waals surface area contributed by atoms with Gasteiger partial charge in [-0.2, -0.15) is 0 Å². The largest absolute Gasteiger partial charge is 0.495 e. The number of nitrogens with zero attached hydrogens (tertiary/aromatic N) is 2. The number of carbonyl (C=O) groups is 2. The third-order valence-electron chi connectivity index (χ3n) is 4.84. The molecular formula is C19H27ClN2O4. The van der Waals surface area contributed by atoms with Gasteiger partial charge in [0.2, 0.25) is 11.8 Å². The van der Waals surface area contributed by atoms with Crippen LogP contribution in [-0.2, 0) is 9.59 Å². The predicted molar refractivity (Wildman–Crippen MR) is 102 cm³/mol. The van der Waals surface area contributed by atoms with Crippen LogP contribution in [-0.4, -0.2) is 50.1 Å². The first-order valence-electron chi connectivity index (χ1n) is 8.92. The lowest BCUT2D eigenvalue weighted by Crippen LogP contribution is -2.48. The molecule has 1 saturated heterocycles. The number of hydrogen-bond donors (Lipinski definition) is 0. The molecule has 2 rings (SSSR count). The van der Waals surface area contributed by atoms with Crippen LogP contribution >= 0.6 is 11.6 Å². The zero-order valence-corrected chi connectivity index (χ0v) is 16.6. The minimum atomic E-state index is -0.244. The van der Waals surface area contributed by atoms with Crippen molar-refractivity contribution in [3.63, 3.8) is 0 Å². The van der Waals surface area contributed by atoms with Gasteiger partial charge in [0.25, 0.3) is 0 Å². The number of carbonyl (C=O) groups excluding carboxylic acids is 2. The van der Waals surface area contributed by atoms with E-state index in [1.807, 2.05) is 4.90 Å². The number of ether oxygens (including phenoxy) is 2. The van der Waals surface area contributed by atoms with Gasteiger partial charge < -0.3 is 14.4 Å². The molecule has 0 N–H and O–H groups in total. The molecule has 0 saturated carbocycles. The maximum atomic E-state index is 12.9. The van der Waals surface area contributed by atoms with Gasteiger partial charge in [0.05, 0.1) is 24.9 Å². The predicted octanol–water partition coefficient (Wildman–Crippen LogP) is 3.50. The molecule has 26 heavy (non-hydrogen) atoms. The summed E-state index contributed by atoms with van der Waals surface area (Å²) in [6.07, 6.45) is 4.08. The minimum absolute atomic E-state index is 0.0347. The van der Waals surface area contributed by atoms with Crippen LogP contribution in [0.3, 0.4) is 0 Å². The summed E-state index contributed by atoms with van der Waals surface area (Å²) in [7, 11) is 3.00. The maximum Gasteiger partial charge on any atom is 0.242 e. The number of halogens is 1. The van der Waals surface area contributed by atoms with Gasteiger partial charge in [-0.15, -0.1) is 0 Å². The number of hydrogen-bond acceptors (Lipinski definition) is 4. The second-order valence-corrected chi connectivity index (χ2v) is 6.82. The van der Waals surface area contributed by atoms with E-state index in [1.54, 1.807) is 12.1 Å². The topological polar surface area (TPSA) is 59.1 Å². The van der Waals surface area contributed by atoms with Crippen LogP contribution in [0.25, 0.3) is 0 Å². The highest BCUT2D eigenvalue weighted by molar-refractivity contribution is 6.32. The van der Waals surface area contributed by atoms with Crippen LogP contribution < -0.4 is 14.4 Å². The van der Waals surface area contributed by atoms with Crippen LogP contribution in [0.15, 0.2) is 12.1 Å². The molecule has 1 fully saturated rings. The standard InChI is InChI=1S/C19H27ClN2O4/c1-5-14-8-6-7-9-21(14)19(24)12-22(13(2)23)16-11-17(25-3)15(20)10-18(16)26-4/h10-11,14H,5-9,12H2,1-4H3. The fourth-order valence-electron chi connectivity index (χ4n) is 3.40. The molecule has 0 spiro atoms. The van der Waals surface area contributed by atoms with E-state index in [4.69, 9.17) is 21.1 Å². The van der Waals surface area contributed by atoms with E-state index < -0.39 is 0 Å². The first-order valence-corrected chi connectivity index (χ1v) is 9.29. The smallest absolute Gasteiger partial charge is 0.242 e. The summed E-state index contributed by atoms with van der Waals surface area (Å²) in [6, 6.07) is 3.46. The number of anilines is 1. The van der Waals surface area contributed by atoms with Crippen LogP contribution in [0.1, 0.15) is 39.5 Å². The molecule has 7 heteroatoms. The fraction of sp³-hybridized carbons (Fsp3) is 0.579. The van der Waals surface area contributed by atoms with Gasteiger partial charge in [0.1, 0.15) is 18.0 Å². The molecule has 0 aromatic heterocycles. The number of amides is 2. The van der Waals surface area contributed by atoms with Gasteiger partial charge in [-0.05, 0) is 25.7 Å². The van der Waals surface area contributed by atoms with E-state index >= 15 is 0 Å². The third kappa shape index (κ3) is 4.41. The van der Waals surface area contributed by atoms with Crippen molar-refractivity contribution in [3.8, 4) is 11.5 Å². The molecule has 6 nitrogen and oxygen atoms in total. The second kappa shape index (κ2) is 9.12. The van der Waals surface area contributed by atoms with Crippen LogP contribution in [0.2, 0.25) is 5.02 Å². The number of rotatable bonds is 6. The van der Waals surface area contributed by atoms with Gasteiger partial charge in [-0.25, -0.2) is 0 Å². The van der Waals surface area contributed by atoms with Crippen LogP contribution in [0, 0.1) is 0 Å². The fourth-order valence-corrected chi connectivity index (χ4v) is 3.63. The van der Waals surface area contributed by atoms with E-state index in [9.17, 15) is 9.59 Å². The monoisotopic (exact) mass is 382 g/mol. The van der Waals surface area contributed by atoms with Gasteiger partial charge in [-0.1, -0.05) is 18.5 Å². The first kappa shape index (κ1) is 20.4. The van der Waals surface area contributed by atoms with Crippen molar-refractivity contribution < 1.29 is 19.1 Å². The number of benzene rings is 1. The molecule has 0 radical (unpaired) electrons. The van der Waals surface area contributed by atoms with E-state index in [-0.39, 0.29) is 24.4 Å². The molecule has 144 valence electrons. The number of likely N-dealkylation sites (tertiary alicyclic amines) is 1. The highest BCUT2D eigenvalue weighted by atomic mass is 35.5. The van der Waals surface area contributed by atoms with Crippen molar-refractivity contribution in [2.24, 2.45) is 0 Å². The molecule has 0 bridgehead atoms. The lowest BCUT2D eigenvalue weighted by atomic mass is 10.00. The number of methoxy groups -OCH3 is 2. The molecule has 1 aromatic carbocycles. The van der Waals surface area contributed by atoms with Gasteiger partial charge in [-0.3, -0.25) is 14.5 Å². The Balaban J connectivity index is 2.32. The quantitative estimate of drug-likeness (QED) is 0.755. The molecular weight excluding hydrogens is 356 g/mol. The Labute approximate surface area is 160 Å². The lowest BCUT2D eigenvalue weighted by molar-refractivity contribution is -0.134. The summed E-state index contributed by atoms with van der Waals surface area (Å²) in [4.78, 5) is 28.5. The Hall–Kier alpha value is -1.95. The summed E-state index contributed by atoms with van der Waals surface area (Å²) in [6.45, 7) is 4.23. The van der Waals surface area contributed by atoms with E-state index in [0.29, 0.717) is 22.2 Å². The van der Waals surface area contributed by atoms with Crippen molar-refractivity contribution >= 4 is 29.1 Å². The Kier molecular flexibility index (Phi) is 7.14. The molecule has 1 aromatic rings. The van der Waals surface area contributed by atoms with Crippen molar-refractivity contribution in [3.05, 3.63) is 17.2 Å². The molecule has 1 heterocycles. The average Bonchev–Trinajstić information content (AvgIpc) is 2.65. The summed E-state index contributed by atoms with van der Waals surface area (Å²) in [5.74, 6) is 0.545. The average molecular weight is 383 g/mol. The molecule has 2 amide bonds. The lowest BCUT2D eigenvalue weighted by Gasteiger charge is -2.36. The van der Waals surface area contributed by atoms with Gasteiger partial charge in [0.15, 0.2) is 0 Å². The van der Waals surface area contributed by atoms with E-state index in [0.717, 1.165) is 32.2 Å². The molecule has 1 aliphatic rings. The Bertz CT molecular complexity index is 665. The van der Waals surface area contributed by atoms with E-state index in [2.05, 4.69) is 6.92 Å². The van der Waals surface area contributed by atoms with E-state index in [1.165, 1.54) is 26.0 Å². The summed E-state index contributed by atoms with van der Waals surface area (Å²) in [5, 5.41) is 0.380. The van der Waals surface area contributed by atoms with Crippen molar-refractivity contribution in [2.75, 3.05) is 32.2 Å². The van der Waals surface area contributed by atoms with Crippen LogP contribution in [0.4, 0.5) is 5.69 Å². The molecule has 1 unspecified atom stereocenters. The third-order valence-corrected chi connectivity index (χ3v) is 5.13. The van der Waals surface area contributed by atoms with Crippen LogP contribution in [0.5, 0.6) is 11.5 Å². The summed E-state index contributed by atoms with van der Waals surface area (Å²) >= 11 is 6.15. The highest BCUT2D eigenvalue weighted by Crippen LogP contribution is 2.38. The summed E-state index contributed by atoms with van der Waals surface area (Å²) < 4.78 is 10.6. The minimum Gasteiger partial charge on any atom is -0.495 e. The van der Waals surface area contributed by atoms with Crippen molar-refractivity contribution in [1.82, 2.24) is 4.90 Å². The van der Waals surface area contributed by atoms with Crippen molar-refractivity contribution in [1.29, 1.82) is 0 Å². The molecule has 1 aliphatic heterocycles. The second-order valence-electron chi connectivity index (χ2n) is 6.41. The van der Waals surface area contributed by atoms with Gasteiger partial charge in [0, 0.05) is 31.6 Å². The van der Waals surface area contributed by atoms with Gasteiger partial charge >= 0.3 is 0 Å². The zero-order valence-electron chi connectivity index (χ0n) is 15.9. The van der Waals surface area contributed by atoms with Crippen molar-refractivity contribution in [2.45, 2.75) is 45.6 Å². The summed E-state index contributed by atoms with van der Waals surface area (Å²) in [5.41, 5.74) is 0.472. The zero-order chi connectivity index (χ0) is 19.3.